The number of benzene rings is 1. The van der Waals surface area contributed by atoms with Crippen LogP contribution in [0.15, 0.2) is 32.7 Å². The molecule has 212 valence electrons. The van der Waals surface area contributed by atoms with E-state index >= 15 is 0 Å². The summed E-state index contributed by atoms with van der Waals surface area (Å²) < 4.78 is 18.3. The Bertz CT molecular complexity index is 1250. The van der Waals surface area contributed by atoms with Gasteiger partial charge in [-0.05, 0) is 61.4 Å². The van der Waals surface area contributed by atoms with E-state index in [1.54, 1.807) is 27.7 Å². The van der Waals surface area contributed by atoms with Gasteiger partial charge in [0.25, 0.3) is 5.56 Å². The van der Waals surface area contributed by atoms with Gasteiger partial charge in [0.05, 0.1) is 21.7 Å². The van der Waals surface area contributed by atoms with Gasteiger partial charge in [-0.3, -0.25) is 23.5 Å². The van der Waals surface area contributed by atoms with Crippen molar-refractivity contribution in [3.05, 3.63) is 39.0 Å². The zero-order chi connectivity index (χ0) is 28.4. The molecule has 0 spiro atoms. The Labute approximate surface area is 240 Å². The molecule has 0 radical (unpaired) electrons. The Morgan fingerprint density at radius 2 is 1.66 bits per heavy atom. The first-order valence-electron chi connectivity index (χ1n) is 12.7. The summed E-state index contributed by atoms with van der Waals surface area (Å²) in [5, 5.41) is -0.102. The number of nitrogens with zero attached hydrogens (tertiary/aromatic N) is 3. The predicted octanol–water partition coefficient (Wildman–Crippen LogP) is 3.62. The molecule has 38 heavy (non-hydrogen) atoms. The number of aromatic nitrogens is 2. The van der Waals surface area contributed by atoms with E-state index in [1.165, 1.54) is 4.57 Å². The van der Waals surface area contributed by atoms with Gasteiger partial charge in [-0.15, -0.1) is 23.2 Å². The normalized spacial score (nSPS) is 16.2. The van der Waals surface area contributed by atoms with Gasteiger partial charge in [0, 0.05) is 32.2 Å². The van der Waals surface area contributed by atoms with Crippen LogP contribution in [0.4, 0.5) is 0 Å². The number of rotatable bonds is 8. The number of halogens is 3. The first-order valence-corrected chi connectivity index (χ1v) is 15.3. The van der Waals surface area contributed by atoms with Gasteiger partial charge >= 0.3 is 5.69 Å². The largest absolute Gasteiger partial charge is 0.342 e. The fourth-order valence-corrected chi connectivity index (χ4v) is 5.23. The number of piperidine rings is 1. The molecule has 2 fully saturated rings. The van der Waals surface area contributed by atoms with Crippen LogP contribution in [0.2, 0.25) is 0 Å². The molecule has 1 amide bonds. The monoisotopic (exact) mass is 608 g/mol. The van der Waals surface area contributed by atoms with E-state index in [0.29, 0.717) is 60.7 Å². The van der Waals surface area contributed by atoms with E-state index in [2.05, 4.69) is 4.72 Å². The van der Waals surface area contributed by atoms with Gasteiger partial charge in [-0.2, -0.15) is 0 Å². The highest BCUT2D eigenvalue weighted by Gasteiger charge is 2.29. The van der Waals surface area contributed by atoms with Crippen LogP contribution in [0.3, 0.4) is 0 Å². The minimum absolute atomic E-state index is 0.0690. The van der Waals surface area contributed by atoms with Gasteiger partial charge in [0.2, 0.25) is 11.1 Å². The van der Waals surface area contributed by atoms with Crippen LogP contribution in [0.5, 0.6) is 0 Å². The molecule has 4 rings (SSSR count). The Balaban J connectivity index is 0.000000651. The van der Waals surface area contributed by atoms with Gasteiger partial charge in [0.15, 0.2) is 0 Å². The summed E-state index contributed by atoms with van der Waals surface area (Å²) >= 11 is 15.2. The van der Waals surface area contributed by atoms with E-state index in [9.17, 15) is 23.4 Å². The minimum atomic E-state index is -1.42. The number of carbonyl (C=O) groups excluding carboxylic acids is 2. The zero-order valence-electron chi connectivity index (χ0n) is 21.9. The van der Waals surface area contributed by atoms with Crippen molar-refractivity contribution < 1.29 is 13.8 Å². The van der Waals surface area contributed by atoms with Crippen molar-refractivity contribution in [2.24, 2.45) is 5.92 Å². The molecule has 0 bridgehead atoms. The first kappa shape index (κ1) is 32.5. The summed E-state index contributed by atoms with van der Waals surface area (Å²) in [6, 6.07) is 4.81. The Hall–Kier alpha value is -1.72. The van der Waals surface area contributed by atoms with Crippen molar-refractivity contribution in [1.82, 2.24) is 18.8 Å². The lowest BCUT2D eigenvalue weighted by Crippen LogP contribution is -2.47. The summed E-state index contributed by atoms with van der Waals surface area (Å²) in [5.41, 5.74) is -0.0678. The second-order valence-corrected chi connectivity index (χ2v) is 10.9. The van der Waals surface area contributed by atoms with Crippen LogP contribution >= 0.6 is 34.8 Å². The molecule has 2 aromatic rings. The molecule has 1 unspecified atom stereocenters. The number of nitrogens with one attached hydrogen (secondary N) is 1. The maximum absolute atomic E-state index is 13.4. The van der Waals surface area contributed by atoms with Gasteiger partial charge in [0.1, 0.15) is 16.9 Å². The average molecular weight is 610 g/mol. The highest BCUT2D eigenvalue weighted by atomic mass is 35.5. The lowest BCUT2D eigenvalue weighted by molar-refractivity contribution is -0.129. The van der Waals surface area contributed by atoms with Crippen LogP contribution in [0.25, 0.3) is 10.9 Å². The zero-order valence-corrected chi connectivity index (χ0v) is 25.0. The molecule has 2 aliphatic rings. The van der Waals surface area contributed by atoms with Crippen LogP contribution in [-0.4, -0.2) is 60.8 Å². The molecule has 13 heteroatoms. The molecule has 1 aliphatic heterocycles. The van der Waals surface area contributed by atoms with E-state index < -0.39 is 16.2 Å². The summed E-state index contributed by atoms with van der Waals surface area (Å²) in [4.78, 5) is 50.4. The van der Waals surface area contributed by atoms with Crippen LogP contribution < -0.4 is 16.0 Å². The number of carbonyl (C=O) groups is 2. The first-order chi connectivity index (χ1) is 18.2. The highest BCUT2D eigenvalue weighted by Crippen LogP contribution is 2.31. The van der Waals surface area contributed by atoms with Crippen molar-refractivity contribution >= 4 is 67.8 Å². The second kappa shape index (κ2) is 15.8. The van der Waals surface area contributed by atoms with Crippen LogP contribution in [-0.2, 0) is 27.1 Å². The maximum Gasteiger partial charge on any atom is 0.331 e. The van der Waals surface area contributed by atoms with E-state index in [4.69, 9.17) is 34.8 Å². The minimum Gasteiger partial charge on any atom is -0.342 e. The number of amides is 1. The van der Waals surface area contributed by atoms with Gasteiger partial charge in [-0.1, -0.05) is 20.8 Å². The summed E-state index contributed by atoms with van der Waals surface area (Å²) in [7, 11) is -1.42. The van der Waals surface area contributed by atoms with E-state index in [1.807, 2.05) is 20.8 Å². The van der Waals surface area contributed by atoms with Crippen molar-refractivity contribution in [3.8, 4) is 0 Å². The smallest absolute Gasteiger partial charge is 0.331 e. The lowest BCUT2D eigenvalue weighted by Gasteiger charge is -2.32. The lowest BCUT2D eigenvalue weighted by atomic mass is 10.0. The number of likely N-dealkylation sites (tertiary alicyclic amines) is 1. The molecule has 1 aromatic carbocycles. The quantitative estimate of drug-likeness (QED) is 0.363. The molecule has 1 aromatic heterocycles. The highest BCUT2D eigenvalue weighted by molar-refractivity contribution is 7.83. The number of hydrogen-bond acceptors (Lipinski definition) is 5. The molecular weight excluding hydrogens is 575 g/mol. The fourth-order valence-electron chi connectivity index (χ4n) is 4.22. The standard InChI is InChI=1S/C21H27ClN4O4S.C2H2Cl2O.C2H6/c1-2-23-31(30)16-5-6-18-17(11-16)20(28)26(21(29)25(18)13-14-3-4-14)15-7-9-24(10-8-15)19(27)12-22;3-1-2(4)5;1-2/h5-6,11,14-15,23H,2-4,7-10,12-13H2,1H3;1H2;1-2H3. The fraction of sp³-hybridized carbons (Fsp3) is 0.600. The predicted molar refractivity (Wildman–Crippen MR) is 154 cm³/mol. The summed E-state index contributed by atoms with van der Waals surface area (Å²) in [6.07, 6.45) is 3.20. The molecule has 1 saturated carbocycles. The molecule has 1 saturated heterocycles. The molecule has 2 heterocycles. The third-order valence-electron chi connectivity index (χ3n) is 6.17. The third-order valence-corrected chi connectivity index (χ3v) is 8.15. The molecule has 1 atom stereocenters. The van der Waals surface area contributed by atoms with Crippen LogP contribution in [0, 0.1) is 5.92 Å². The second-order valence-electron chi connectivity index (χ2n) is 8.69. The topological polar surface area (TPSA) is 110 Å². The molecule has 9 nitrogen and oxygen atoms in total. The van der Waals surface area contributed by atoms with Crippen molar-refractivity contribution in [2.75, 3.05) is 31.4 Å². The van der Waals surface area contributed by atoms with Gasteiger partial charge in [-0.25, -0.2) is 13.7 Å². The van der Waals surface area contributed by atoms with E-state index in [-0.39, 0.29) is 35.0 Å². The number of hydrogen-bond donors (Lipinski definition) is 1. The van der Waals surface area contributed by atoms with Crippen LogP contribution in [0.1, 0.15) is 52.5 Å². The summed E-state index contributed by atoms with van der Waals surface area (Å²) in [5.74, 6) is 0.153. The Kier molecular flexibility index (Phi) is 13.5. The molecule has 1 aliphatic carbocycles. The van der Waals surface area contributed by atoms with Crippen molar-refractivity contribution in [1.29, 1.82) is 0 Å². The van der Waals surface area contributed by atoms with Crippen molar-refractivity contribution in [3.63, 3.8) is 0 Å². The van der Waals surface area contributed by atoms with Crippen molar-refractivity contribution in [2.45, 2.75) is 63.9 Å². The molecular formula is C25H35Cl3N4O5S. The van der Waals surface area contributed by atoms with E-state index in [0.717, 1.165) is 12.8 Å². The summed E-state index contributed by atoms with van der Waals surface area (Å²) in [6.45, 7) is 7.91. The maximum atomic E-state index is 13.4. The SMILES string of the molecule is CC.CCNS(=O)c1ccc2c(c1)c(=O)n(C1CCN(C(=O)CCl)CC1)c(=O)n2CC1CC1.O=C(Cl)CCl. The Morgan fingerprint density at radius 1 is 1.05 bits per heavy atom. The number of fused-ring (bicyclic) bond motifs is 1. The third kappa shape index (κ3) is 8.39. The Morgan fingerprint density at radius 3 is 2.16 bits per heavy atom. The van der Waals surface area contributed by atoms with Gasteiger partial charge < -0.3 is 4.90 Å². The number of alkyl halides is 2. The average Bonchev–Trinajstić information content (AvgIpc) is 3.76. The molecule has 1 N–H and O–H groups in total.